The van der Waals surface area contributed by atoms with Crippen molar-refractivity contribution in [1.29, 1.82) is 0 Å². The standard InChI is InChI=1S/C28H22F5NO4/c29-22-6-8-23(9-7-22)36-17-19-1-3-20(4-2-19)24(15-18-11-13-34(35)14-12-18)21-5-10-25(37-27(30)31)26(16-21)38-28(32)33/h1-14,16,24,27-28H,15,17H2. The third-order valence-corrected chi connectivity index (χ3v) is 5.71. The molecule has 1 heterocycles. The first-order chi connectivity index (χ1) is 18.3. The molecule has 1 aromatic heterocycles. The second-order valence-electron chi connectivity index (χ2n) is 8.27. The SMILES string of the molecule is [O-][n+]1ccc(CC(c2ccc(COc3ccc(F)cc3)cc2)c2ccc(OC(F)F)c(OC(F)F)c2)cc1. The number of pyridine rings is 1. The summed E-state index contributed by atoms with van der Waals surface area (Å²) in [5.41, 5.74) is 2.91. The summed E-state index contributed by atoms with van der Waals surface area (Å²) in [5.74, 6) is -1.30. The van der Waals surface area contributed by atoms with Crippen LogP contribution in [-0.2, 0) is 13.0 Å². The van der Waals surface area contributed by atoms with Crippen LogP contribution in [0.1, 0.15) is 28.2 Å². The van der Waals surface area contributed by atoms with Gasteiger partial charge in [0, 0.05) is 18.1 Å². The van der Waals surface area contributed by atoms with Crippen molar-refractivity contribution in [3.63, 3.8) is 0 Å². The Balaban J connectivity index is 1.62. The highest BCUT2D eigenvalue weighted by Gasteiger charge is 2.21. The van der Waals surface area contributed by atoms with Gasteiger partial charge in [0.1, 0.15) is 18.2 Å². The van der Waals surface area contributed by atoms with Crippen molar-refractivity contribution < 1.29 is 40.9 Å². The number of alkyl halides is 4. The molecule has 1 atom stereocenters. The van der Waals surface area contributed by atoms with Crippen LogP contribution in [0.25, 0.3) is 0 Å². The number of halogens is 5. The number of nitrogens with zero attached hydrogens (tertiary/aromatic N) is 1. The van der Waals surface area contributed by atoms with Crippen LogP contribution in [0.2, 0.25) is 0 Å². The molecule has 0 fully saturated rings. The lowest BCUT2D eigenvalue weighted by molar-refractivity contribution is -0.605. The summed E-state index contributed by atoms with van der Waals surface area (Å²) in [6.07, 6.45) is 3.05. The van der Waals surface area contributed by atoms with E-state index < -0.39 is 30.6 Å². The highest BCUT2D eigenvalue weighted by Crippen LogP contribution is 2.37. The molecule has 0 radical (unpaired) electrons. The molecule has 0 amide bonds. The van der Waals surface area contributed by atoms with Gasteiger partial charge in [-0.25, -0.2) is 4.39 Å². The zero-order valence-corrected chi connectivity index (χ0v) is 19.8. The summed E-state index contributed by atoms with van der Waals surface area (Å²) in [7, 11) is 0. The van der Waals surface area contributed by atoms with Crippen LogP contribution in [0.5, 0.6) is 17.2 Å². The maximum absolute atomic E-state index is 13.1. The van der Waals surface area contributed by atoms with E-state index in [9.17, 15) is 27.2 Å². The number of hydrogen-bond acceptors (Lipinski definition) is 4. The van der Waals surface area contributed by atoms with Crippen molar-refractivity contribution in [2.75, 3.05) is 0 Å². The Morgan fingerprint density at radius 1 is 0.684 bits per heavy atom. The van der Waals surface area contributed by atoms with E-state index in [1.54, 1.807) is 12.1 Å². The van der Waals surface area contributed by atoms with Gasteiger partial charge in [-0.15, -0.1) is 0 Å². The predicted molar refractivity (Wildman–Crippen MR) is 128 cm³/mol. The Kier molecular flexibility index (Phi) is 8.62. The van der Waals surface area contributed by atoms with E-state index in [1.165, 1.54) is 48.8 Å². The lowest BCUT2D eigenvalue weighted by Gasteiger charge is -2.21. The first-order valence-corrected chi connectivity index (χ1v) is 11.5. The minimum atomic E-state index is -3.24. The molecule has 0 aliphatic heterocycles. The summed E-state index contributed by atoms with van der Waals surface area (Å²) in [6, 6.07) is 20.1. The molecular formula is C28H22F5NO4. The van der Waals surface area contributed by atoms with Crippen molar-refractivity contribution in [3.05, 3.63) is 125 Å². The van der Waals surface area contributed by atoms with Crippen molar-refractivity contribution >= 4 is 0 Å². The Hall–Kier alpha value is -4.34. The quantitative estimate of drug-likeness (QED) is 0.124. The first-order valence-electron chi connectivity index (χ1n) is 11.5. The molecule has 0 aliphatic carbocycles. The van der Waals surface area contributed by atoms with Gasteiger partial charge >= 0.3 is 13.2 Å². The van der Waals surface area contributed by atoms with E-state index in [-0.39, 0.29) is 12.4 Å². The van der Waals surface area contributed by atoms with Crippen molar-refractivity contribution in [3.8, 4) is 17.2 Å². The zero-order valence-electron chi connectivity index (χ0n) is 19.8. The summed E-state index contributed by atoms with van der Waals surface area (Å²) < 4.78 is 79.8. The summed E-state index contributed by atoms with van der Waals surface area (Å²) >= 11 is 0. The molecule has 38 heavy (non-hydrogen) atoms. The molecule has 0 aliphatic rings. The maximum atomic E-state index is 13.1. The summed E-state index contributed by atoms with van der Waals surface area (Å²) in [6.45, 7) is -6.24. The van der Waals surface area contributed by atoms with Crippen LogP contribution >= 0.6 is 0 Å². The zero-order chi connectivity index (χ0) is 27.1. The van der Waals surface area contributed by atoms with Gasteiger partial charge in [-0.1, -0.05) is 30.3 Å². The van der Waals surface area contributed by atoms with E-state index in [4.69, 9.17) is 4.74 Å². The van der Waals surface area contributed by atoms with Gasteiger partial charge in [-0.2, -0.15) is 22.3 Å². The largest absolute Gasteiger partial charge is 0.619 e. The van der Waals surface area contributed by atoms with E-state index in [0.717, 1.165) is 22.8 Å². The Morgan fingerprint density at radius 2 is 1.29 bits per heavy atom. The van der Waals surface area contributed by atoms with Gasteiger partial charge in [0.15, 0.2) is 23.9 Å². The Bertz CT molecular complexity index is 1320. The third-order valence-electron chi connectivity index (χ3n) is 5.71. The normalized spacial score (nSPS) is 12.0. The van der Waals surface area contributed by atoms with Crippen LogP contribution in [0, 0.1) is 11.0 Å². The number of benzene rings is 3. The fraction of sp³-hybridized carbons (Fsp3) is 0.179. The van der Waals surface area contributed by atoms with Gasteiger partial charge in [-0.3, -0.25) is 0 Å². The summed E-state index contributed by atoms with van der Waals surface area (Å²) in [4.78, 5) is 0. The number of hydrogen-bond donors (Lipinski definition) is 0. The van der Waals surface area contributed by atoms with Crippen molar-refractivity contribution in [2.24, 2.45) is 0 Å². The van der Waals surface area contributed by atoms with E-state index in [2.05, 4.69) is 9.47 Å². The minimum Gasteiger partial charge on any atom is -0.619 e. The highest BCUT2D eigenvalue weighted by atomic mass is 19.3. The van der Waals surface area contributed by atoms with E-state index in [1.807, 2.05) is 24.3 Å². The summed E-state index contributed by atoms with van der Waals surface area (Å²) in [5, 5.41) is 11.5. The molecule has 3 aromatic carbocycles. The second kappa shape index (κ2) is 12.3. The van der Waals surface area contributed by atoms with Gasteiger partial charge < -0.3 is 19.4 Å². The lowest BCUT2D eigenvalue weighted by Crippen LogP contribution is -2.24. The molecule has 4 rings (SSSR count). The highest BCUT2D eigenvalue weighted by molar-refractivity contribution is 5.47. The first kappa shape index (κ1) is 26.7. The molecule has 5 nitrogen and oxygen atoms in total. The van der Waals surface area contributed by atoms with Crippen molar-refractivity contribution in [1.82, 2.24) is 0 Å². The topological polar surface area (TPSA) is 54.6 Å². The molecule has 0 spiro atoms. The molecule has 1 unspecified atom stereocenters. The molecule has 0 bridgehead atoms. The monoisotopic (exact) mass is 531 g/mol. The fourth-order valence-electron chi connectivity index (χ4n) is 3.91. The molecule has 0 N–H and O–H groups in total. The van der Waals surface area contributed by atoms with E-state index in [0.29, 0.717) is 22.5 Å². The smallest absolute Gasteiger partial charge is 0.387 e. The average Bonchev–Trinajstić information content (AvgIpc) is 2.89. The van der Waals surface area contributed by atoms with Gasteiger partial charge in [0.05, 0.1) is 0 Å². The predicted octanol–water partition coefficient (Wildman–Crippen LogP) is 6.62. The molecule has 4 aromatic rings. The van der Waals surface area contributed by atoms with Gasteiger partial charge in [-0.05, 0) is 65.1 Å². The van der Waals surface area contributed by atoms with Crippen LogP contribution in [0.15, 0.2) is 91.3 Å². The van der Waals surface area contributed by atoms with Crippen LogP contribution in [-0.4, -0.2) is 13.2 Å². The number of ether oxygens (including phenoxy) is 3. The lowest BCUT2D eigenvalue weighted by atomic mass is 9.85. The van der Waals surface area contributed by atoms with E-state index >= 15 is 0 Å². The third kappa shape index (κ3) is 7.34. The van der Waals surface area contributed by atoms with Crippen molar-refractivity contribution in [2.45, 2.75) is 32.2 Å². The Labute approximate surface area is 215 Å². The maximum Gasteiger partial charge on any atom is 0.387 e. The second-order valence-corrected chi connectivity index (χ2v) is 8.27. The molecule has 198 valence electrons. The van der Waals surface area contributed by atoms with Crippen LogP contribution in [0.4, 0.5) is 22.0 Å². The van der Waals surface area contributed by atoms with Gasteiger partial charge in [0.2, 0.25) is 0 Å². The Morgan fingerprint density at radius 3 is 1.92 bits per heavy atom. The minimum absolute atomic E-state index is 0.227. The molecule has 10 heteroatoms. The molecule has 0 saturated heterocycles. The van der Waals surface area contributed by atoms with Crippen LogP contribution < -0.4 is 18.9 Å². The van der Waals surface area contributed by atoms with Gasteiger partial charge in [0.25, 0.3) is 0 Å². The van der Waals surface area contributed by atoms with Crippen LogP contribution in [0.3, 0.4) is 0 Å². The average molecular weight is 531 g/mol. The number of aromatic nitrogens is 1. The molecular weight excluding hydrogens is 509 g/mol. The molecule has 0 saturated carbocycles. The fourth-order valence-corrected chi connectivity index (χ4v) is 3.91. The number of rotatable bonds is 11.